The largest absolute Gasteiger partial charge is 0.461 e. The molecule has 12 heterocycles. The van der Waals surface area contributed by atoms with Gasteiger partial charge in [-0.15, -0.1) is 102 Å². The molecular weight excluding hydrogens is 1950 g/mol. The van der Waals surface area contributed by atoms with E-state index in [0.717, 1.165) is 221 Å². The maximum Gasteiger partial charge on any atom is 0.306 e. The minimum Gasteiger partial charge on any atom is -0.461 e. The molecule has 1 amide bonds. The topological polar surface area (TPSA) is 374 Å². The first kappa shape index (κ1) is 102. The zero-order valence-corrected chi connectivity index (χ0v) is 86.4. The van der Waals surface area contributed by atoms with Crippen molar-refractivity contribution >= 4 is 233 Å². The molecule has 0 aliphatic carbocycles. The maximum atomic E-state index is 12.9. The molecule has 0 aliphatic heterocycles. The molecule has 4 unspecified atom stereocenters. The third-order valence-electron chi connectivity index (χ3n) is 21.4. The van der Waals surface area contributed by atoms with E-state index in [1.165, 1.54) is 86.3 Å². The summed E-state index contributed by atoms with van der Waals surface area (Å²) in [5, 5.41) is 17.1. The fourth-order valence-corrected chi connectivity index (χ4v) is 28.0. The highest BCUT2D eigenvalue weighted by atomic mass is 35.5. The summed E-state index contributed by atoms with van der Waals surface area (Å²) in [5.41, 5.74) is 43.2. The molecule has 0 spiro atoms. The number of thiophene rings is 4. The van der Waals surface area contributed by atoms with Gasteiger partial charge in [-0.3, -0.25) is 36.0 Å². The van der Waals surface area contributed by atoms with Crippen LogP contribution in [0, 0.1) is 0 Å². The molecule has 706 valence electrons. The third kappa shape index (κ3) is 26.5. The summed E-state index contributed by atoms with van der Waals surface area (Å²) in [6, 6.07) is 40.1. The fourth-order valence-electron chi connectivity index (χ4n) is 14.3. The van der Waals surface area contributed by atoms with Gasteiger partial charge >= 0.3 is 11.9 Å². The van der Waals surface area contributed by atoms with Crippen molar-refractivity contribution in [3.63, 3.8) is 0 Å². The molecule has 0 saturated heterocycles. The molecule has 23 nitrogen and oxygen atoms in total. The number of nitrogen functional groups attached to an aromatic ring is 4. The van der Waals surface area contributed by atoms with Crippen LogP contribution in [0.1, 0.15) is 167 Å². The SMILES string of the molecule is CCCCS(=O)c1sc2nc(-c3nccs3)cc(-c3ccc(CCC(=O)CCC)cc3)c2c1N.CCCCS(=O)c1sc2nc(-c3nccs3)cc(-c3ccc(CNC(C)=O)cc3)c2c1N.CCCCS(=O)c1sc2nc(-c3nccs3)cc(-c3ccc(COC(=O)CCC)cc3)c2c1N.CCCCS(=O)c1sc2nc(-c3nccs3)cc(-c3ccc(COC(=O)CCCCl)cc3)c2c1N. The van der Waals surface area contributed by atoms with E-state index in [1.807, 2.05) is 132 Å². The van der Waals surface area contributed by atoms with Crippen molar-refractivity contribution in [2.75, 3.05) is 51.8 Å². The number of anilines is 4. The van der Waals surface area contributed by atoms with E-state index in [1.54, 1.807) is 36.1 Å². The van der Waals surface area contributed by atoms with Gasteiger partial charge in [-0.25, -0.2) is 39.9 Å². The Morgan fingerprint density at radius 3 is 0.926 bits per heavy atom. The molecule has 135 heavy (non-hydrogen) atoms. The van der Waals surface area contributed by atoms with Crippen molar-refractivity contribution in [1.29, 1.82) is 0 Å². The summed E-state index contributed by atoms with van der Waals surface area (Å²) in [5.74, 6) is 2.62. The lowest BCUT2D eigenvalue weighted by Crippen LogP contribution is -2.18. The van der Waals surface area contributed by atoms with Crippen molar-refractivity contribution < 1.29 is 45.5 Å². The van der Waals surface area contributed by atoms with E-state index in [2.05, 4.69) is 77.2 Å². The molecule has 0 saturated carbocycles. The minimum atomic E-state index is -1.17. The van der Waals surface area contributed by atoms with Gasteiger partial charge in [-0.1, -0.05) is 164 Å². The van der Waals surface area contributed by atoms with Crippen molar-refractivity contribution in [2.45, 2.75) is 188 Å². The number of pyridine rings is 4. The maximum absolute atomic E-state index is 12.9. The van der Waals surface area contributed by atoms with Gasteiger partial charge in [0.25, 0.3) is 0 Å². The first-order chi connectivity index (χ1) is 65.5. The van der Waals surface area contributed by atoms with Crippen LogP contribution in [0.15, 0.2) is 184 Å². The number of hydrogen-bond donors (Lipinski definition) is 5. The van der Waals surface area contributed by atoms with E-state index < -0.39 is 43.2 Å². The predicted molar refractivity (Wildman–Crippen MR) is 567 cm³/mol. The quantitative estimate of drug-likeness (QED) is 0.0176. The number of amides is 1. The Morgan fingerprint density at radius 2 is 0.659 bits per heavy atom. The molecule has 36 heteroatoms. The second kappa shape index (κ2) is 50.4. The summed E-state index contributed by atoms with van der Waals surface area (Å²) in [7, 11) is -4.61. The number of esters is 2. The van der Waals surface area contributed by atoms with Gasteiger partial charge in [0, 0.05) is 136 Å². The second-order valence-electron chi connectivity index (χ2n) is 31.5. The van der Waals surface area contributed by atoms with Gasteiger partial charge in [0.15, 0.2) is 0 Å². The Kier molecular flexibility index (Phi) is 38.2. The highest BCUT2D eigenvalue weighted by Crippen LogP contribution is 2.49. The lowest BCUT2D eigenvalue weighted by atomic mass is 9.98. The number of carbonyl (C=O) groups excluding carboxylic acids is 4. The molecule has 0 radical (unpaired) electrons. The number of nitrogens with zero attached hydrogens (tertiary/aromatic N) is 8. The Bertz CT molecular complexity index is 6610. The first-order valence-electron chi connectivity index (χ1n) is 44.6. The van der Waals surface area contributed by atoms with E-state index in [9.17, 15) is 36.0 Å². The van der Waals surface area contributed by atoms with Gasteiger partial charge in [-0.2, -0.15) is 0 Å². The van der Waals surface area contributed by atoms with Crippen LogP contribution in [-0.4, -0.2) is 109 Å². The number of alkyl halides is 1. The summed E-state index contributed by atoms with van der Waals surface area (Å²) < 4.78 is 65.2. The van der Waals surface area contributed by atoms with Crippen LogP contribution < -0.4 is 28.3 Å². The third-order valence-corrected chi connectivity index (χ3v) is 36.8. The number of unbranched alkanes of at least 4 members (excludes halogenated alkanes) is 4. The molecule has 4 aromatic carbocycles. The molecule has 16 rings (SSSR count). The van der Waals surface area contributed by atoms with E-state index in [0.29, 0.717) is 113 Å². The summed E-state index contributed by atoms with van der Waals surface area (Å²) in [4.78, 5) is 86.7. The van der Waals surface area contributed by atoms with Crippen molar-refractivity contribution in [3.05, 3.63) is 190 Å². The molecule has 16 aromatic rings. The molecule has 0 fully saturated rings. The highest BCUT2D eigenvalue weighted by Gasteiger charge is 2.28. The van der Waals surface area contributed by atoms with Crippen molar-refractivity contribution in [2.24, 2.45) is 0 Å². The Balaban J connectivity index is 0.000000153. The molecule has 0 bridgehead atoms. The Labute approximate surface area is 832 Å². The number of halogens is 1. The predicted octanol–water partition coefficient (Wildman–Crippen LogP) is 25.2. The number of ketones is 1. The number of carbonyl (C=O) groups is 4. The second-order valence-corrected chi connectivity index (χ2v) is 46.5. The number of nitrogens with two attached hydrogens (primary N) is 4. The van der Waals surface area contributed by atoms with Gasteiger partial charge in [-0.05, 0) is 142 Å². The monoisotopic (exact) mass is 2060 g/mol. The number of ether oxygens (including phenoxy) is 2. The van der Waals surface area contributed by atoms with E-state index in [4.69, 9.17) is 63.9 Å². The highest BCUT2D eigenvalue weighted by molar-refractivity contribution is 7.88. The van der Waals surface area contributed by atoms with Crippen LogP contribution in [-0.2, 0) is 98.0 Å². The van der Waals surface area contributed by atoms with Crippen molar-refractivity contribution in [3.8, 4) is 87.3 Å². The standard InChI is InChI=1S/C26H29N3O2S3.C25H26ClN3O3S3.C25H27N3O3S3.C23H24N4O2S3/c1-3-5-15-34(31)26-23(27)22-20(16-21(29-25(22)33-26)24-28-13-14-32-24)18-10-7-17(8-11-18)9-12-19(30)6-4-2;1-2-3-13-35(31)25-22(27)21-18(14-19(29-24(21)34-25)23-28-11-12-33-23)17-8-6-16(7-9-17)15-32-20(30)5-4-10-26;1-3-5-13-34(30)25-22(26)21-18(14-19(28-24(21)33-25)23-27-11-12-32-23)17-9-7-16(8-10-17)15-31-20(29)6-4-2;1-3-4-11-32(29)23-20(24)19-17(16-7-5-15(6-8-16)13-26-14(2)28)12-18(27-22(19)31-23)21-25-9-10-30-21/h7-8,10-11,13-14,16H,3-6,9,12,15,27H2,1-2H3;6-9,11-12,14H,2-5,10,13,15,27H2,1H3;7-12,14H,3-6,13,15,26H2,1-2H3;5-10,12H,3-4,11,13,24H2,1-2H3,(H,26,28). The summed E-state index contributed by atoms with van der Waals surface area (Å²) >= 11 is 17.4. The number of rotatable bonds is 40. The molecular formula is C99H106ClN13O10S12. The number of hydrogen-bond acceptors (Lipinski definition) is 30. The average molecular weight is 2060 g/mol. The zero-order valence-electron chi connectivity index (χ0n) is 75.9. The van der Waals surface area contributed by atoms with Gasteiger partial charge in [0.1, 0.15) is 98.0 Å². The average Bonchev–Trinajstić information content (AvgIpc) is 1.63. The Morgan fingerprint density at radius 1 is 0.370 bits per heavy atom. The molecule has 9 N–H and O–H groups in total. The smallest absolute Gasteiger partial charge is 0.306 e. The van der Waals surface area contributed by atoms with Gasteiger partial charge in [0.05, 0.1) is 65.9 Å². The van der Waals surface area contributed by atoms with E-state index >= 15 is 0 Å². The van der Waals surface area contributed by atoms with Crippen LogP contribution in [0.5, 0.6) is 0 Å². The number of benzene rings is 4. The number of fused-ring (bicyclic) bond motifs is 4. The molecule has 12 aromatic heterocycles. The van der Waals surface area contributed by atoms with Crippen LogP contribution in [0.3, 0.4) is 0 Å². The number of thiazole rings is 4. The van der Waals surface area contributed by atoms with Gasteiger partial charge < -0.3 is 37.7 Å². The number of Topliss-reactive ketones (excluding diaryl/α,β-unsaturated/α-hetero) is 1. The number of nitrogens with one attached hydrogen (secondary N) is 1. The molecule has 4 atom stereocenters. The van der Waals surface area contributed by atoms with E-state index in [-0.39, 0.29) is 31.1 Å². The van der Waals surface area contributed by atoms with Crippen LogP contribution in [0.4, 0.5) is 22.7 Å². The normalized spacial score (nSPS) is 12.2. The van der Waals surface area contributed by atoms with Crippen LogP contribution >= 0.6 is 102 Å². The zero-order chi connectivity index (χ0) is 95.6. The molecule has 0 aliphatic rings. The summed E-state index contributed by atoms with van der Waals surface area (Å²) in [6.45, 7) is 14.8. The minimum absolute atomic E-state index is 0.0624. The number of aromatic nitrogens is 8. The lowest BCUT2D eigenvalue weighted by Gasteiger charge is -2.09. The Hall–Kier alpha value is -9.99. The lowest BCUT2D eigenvalue weighted by molar-refractivity contribution is -0.145. The van der Waals surface area contributed by atoms with Crippen molar-refractivity contribution in [1.82, 2.24) is 45.2 Å². The van der Waals surface area contributed by atoms with Gasteiger partial charge in [0.2, 0.25) is 5.91 Å². The fraction of sp³-hybridized carbons (Fsp3) is 0.313. The van der Waals surface area contributed by atoms with Crippen LogP contribution in [0.25, 0.3) is 128 Å². The van der Waals surface area contributed by atoms with Crippen LogP contribution in [0.2, 0.25) is 0 Å². The number of aryl methyl sites for hydroxylation is 1. The first-order valence-corrected chi connectivity index (χ1v) is 57.2. The summed E-state index contributed by atoms with van der Waals surface area (Å²) in [6.07, 6.45) is 19.5.